The Hall–Kier alpha value is -2.85. The fraction of sp³-hybridized carbons (Fsp3) is 0.364. The number of rotatable bonds is 6. The number of amides is 2. The van der Waals surface area contributed by atoms with Gasteiger partial charge in [-0.15, -0.1) is 11.8 Å². The van der Waals surface area contributed by atoms with Gasteiger partial charge in [-0.2, -0.15) is 11.3 Å². The lowest BCUT2D eigenvalue weighted by atomic mass is 9.95. The molecule has 4 atom stereocenters. The van der Waals surface area contributed by atoms with Gasteiger partial charge in [-0.05, 0) is 54.8 Å². The second kappa shape index (κ2) is 8.25. The molecular weight excluding hydrogens is 452 g/mol. The van der Waals surface area contributed by atoms with Crippen LogP contribution in [0.4, 0.5) is 0 Å². The van der Waals surface area contributed by atoms with Crippen molar-refractivity contribution in [2.75, 3.05) is 0 Å². The van der Waals surface area contributed by atoms with Gasteiger partial charge < -0.3 is 20.1 Å². The summed E-state index contributed by atoms with van der Waals surface area (Å²) in [5.41, 5.74) is 1.22. The lowest BCUT2D eigenvalue weighted by Gasteiger charge is -2.43. The van der Waals surface area contributed by atoms with Crippen molar-refractivity contribution in [3.05, 3.63) is 52.2 Å². The van der Waals surface area contributed by atoms with E-state index in [0.717, 1.165) is 5.56 Å². The minimum Gasteiger partial charge on any atom is -0.480 e. The molecule has 2 aliphatic heterocycles. The predicted molar refractivity (Wildman–Crippen MR) is 120 cm³/mol. The number of hydrogen-bond donors (Lipinski definition) is 2. The average Bonchev–Trinajstić information content (AvgIpc) is 3.32. The minimum atomic E-state index is -1.25. The quantitative estimate of drug-likeness (QED) is 0.286. The Labute approximate surface area is 192 Å². The zero-order valence-electron chi connectivity index (χ0n) is 17.6. The summed E-state index contributed by atoms with van der Waals surface area (Å²) in [6.45, 7) is 5.31. The third-order valence-electron chi connectivity index (χ3n) is 5.65. The van der Waals surface area contributed by atoms with E-state index in [9.17, 15) is 24.3 Å². The number of benzene rings is 1. The van der Waals surface area contributed by atoms with Gasteiger partial charge in [0.15, 0.2) is 5.92 Å². The van der Waals surface area contributed by atoms with Crippen molar-refractivity contribution in [2.45, 2.75) is 48.9 Å². The van der Waals surface area contributed by atoms with Crippen molar-refractivity contribution in [3.63, 3.8) is 0 Å². The first-order valence-electron chi connectivity index (χ1n) is 9.94. The molecule has 168 valence electrons. The Morgan fingerprint density at radius 1 is 1.22 bits per heavy atom. The highest BCUT2D eigenvalue weighted by Gasteiger charge is 2.64. The van der Waals surface area contributed by atoms with Crippen molar-refractivity contribution >= 4 is 46.9 Å². The van der Waals surface area contributed by atoms with Gasteiger partial charge in [-0.3, -0.25) is 14.4 Å². The van der Waals surface area contributed by atoms with Crippen LogP contribution in [0.25, 0.3) is 0 Å². The zero-order valence-corrected chi connectivity index (χ0v) is 19.2. The first-order chi connectivity index (χ1) is 15.1. The molecule has 0 radical (unpaired) electrons. The van der Waals surface area contributed by atoms with Crippen LogP contribution in [-0.4, -0.2) is 56.0 Å². The van der Waals surface area contributed by atoms with Gasteiger partial charge in [0.05, 0.1) is 0 Å². The summed E-state index contributed by atoms with van der Waals surface area (Å²) in [6, 6.07) is 6.77. The van der Waals surface area contributed by atoms with E-state index in [1.165, 1.54) is 28.0 Å². The van der Waals surface area contributed by atoms with E-state index < -0.39 is 51.9 Å². The number of carbonyl (C=O) groups excluding carboxylic acids is 3. The smallest absolute Gasteiger partial charge is 0.328 e. The molecular formula is C22H22N2O6S2. The van der Waals surface area contributed by atoms with Gasteiger partial charge in [0.1, 0.15) is 23.2 Å². The molecule has 4 rings (SSSR count). The van der Waals surface area contributed by atoms with Gasteiger partial charge >= 0.3 is 11.9 Å². The monoisotopic (exact) mass is 474 g/mol. The molecule has 0 aliphatic carbocycles. The average molecular weight is 475 g/mol. The van der Waals surface area contributed by atoms with E-state index in [-0.39, 0.29) is 0 Å². The Bertz CT molecular complexity index is 1080. The summed E-state index contributed by atoms with van der Waals surface area (Å²) in [7, 11) is 0. The molecule has 2 N–H and O–H groups in total. The highest BCUT2D eigenvalue weighted by Crippen LogP contribution is 2.50. The highest BCUT2D eigenvalue weighted by atomic mass is 32.2. The van der Waals surface area contributed by atoms with Crippen LogP contribution in [0, 0.1) is 6.92 Å². The van der Waals surface area contributed by atoms with Crippen LogP contribution < -0.4 is 10.1 Å². The fourth-order valence-corrected chi connectivity index (χ4v) is 6.37. The molecule has 8 nitrogen and oxygen atoms in total. The first-order valence-corrected chi connectivity index (χ1v) is 11.8. The van der Waals surface area contributed by atoms with E-state index in [0.29, 0.717) is 11.3 Å². The number of thioether (sulfide) groups is 1. The van der Waals surface area contributed by atoms with Crippen LogP contribution in [0.3, 0.4) is 0 Å². The molecule has 2 aromatic rings. The number of aryl methyl sites for hydroxylation is 1. The molecule has 1 aromatic carbocycles. The maximum Gasteiger partial charge on any atom is 0.328 e. The highest BCUT2D eigenvalue weighted by molar-refractivity contribution is 8.01. The Morgan fingerprint density at radius 2 is 1.94 bits per heavy atom. The summed E-state index contributed by atoms with van der Waals surface area (Å²) in [4.78, 5) is 51.9. The molecule has 0 spiro atoms. The number of para-hydroxylation sites is 1. The van der Waals surface area contributed by atoms with Crippen LogP contribution in [0.15, 0.2) is 41.1 Å². The molecule has 3 heterocycles. The molecule has 2 fully saturated rings. The van der Waals surface area contributed by atoms with Crippen molar-refractivity contribution in [2.24, 2.45) is 0 Å². The molecule has 0 saturated carbocycles. The number of carboxylic acids is 1. The normalized spacial score (nSPS) is 24.3. The summed E-state index contributed by atoms with van der Waals surface area (Å²) in [5, 5.41) is 15.1. The summed E-state index contributed by atoms with van der Waals surface area (Å²) in [6.07, 6.45) is 0. The van der Waals surface area contributed by atoms with Crippen LogP contribution >= 0.6 is 23.1 Å². The Morgan fingerprint density at radius 3 is 2.56 bits per heavy atom. The predicted octanol–water partition coefficient (Wildman–Crippen LogP) is 2.38. The molecule has 1 aromatic heterocycles. The fourth-order valence-electron chi connectivity index (χ4n) is 4.05. The number of β-lactam (4-membered cyclic amide) rings is 1. The SMILES string of the molecule is Cc1ccccc1OC(=O)C(C(=O)NC1C(=O)N2[C@@H]1SC(C)(C)[C@@H]2C(=O)O)c1ccsc1. The van der Waals surface area contributed by atoms with Crippen LogP contribution in [-0.2, 0) is 19.2 Å². The van der Waals surface area contributed by atoms with Crippen LogP contribution in [0.5, 0.6) is 5.75 Å². The molecule has 10 heteroatoms. The van der Waals surface area contributed by atoms with Gasteiger partial charge in [0, 0.05) is 4.75 Å². The standard InChI is InChI=1S/C22H22N2O6S2/c1-11-6-4-5-7-13(11)30-21(29)14(12-8-9-31-10-12)17(25)23-15-18(26)24-16(20(27)28)22(2,3)32-19(15)24/h4-10,14-16,19H,1-3H3,(H,23,25)(H,27,28)/t14?,15?,16-,19+/m0/s1. The van der Waals surface area contributed by atoms with Gasteiger partial charge in [-0.1, -0.05) is 18.2 Å². The van der Waals surface area contributed by atoms with Crippen molar-refractivity contribution < 1.29 is 29.0 Å². The lowest BCUT2D eigenvalue weighted by Crippen LogP contribution is -2.71. The van der Waals surface area contributed by atoms with Gasteiger partial charge in [0.25, 0.3) is 0 Å². The minimum absolute atomic E-state index is 0.355. The number of ether oxygens (including phenoxy) is 1. The molecule has 2 amide bonds. The third-order valence-corrected chi connectivity index (χ3v) is 7.92. The van der Waals surface area contributed by atoms with E-state index in [1.807, 2.05) is 6.07 Å². The first kappa shape index (κ1) is 22.3. The molecule has 2 aliphatic rings. The van der Waals surface area contributed by atoms with E-state index in [1.54, 1.807) is 55.8 Å². The number of nitrogens with one attached hydrogen (secondary N) is 1. The maximum atomic E-state index is 13.2. The molecule has 32 heavy (non-hydrogen) atoms. The second-order valence-corrected chi connectivity index (χ2v) is 10.8. The van der Waals surface area contributed by atoms with E-state index in [2.05, 4.69) is 5.32 Å². The number of thiophene rings is 1. The summed E-state index contributed by atoms with van der Waals surface area (Å²) >= 11 is 2.66. The van der Waals surface area contributed by atoms with Gasteiger partial charge in [-0.25, -0.2) is 4.79 Å². The largest absolute Gasteiger partial charge is 0.480 e. The van der Waals surface area contributed by atoms with Crippen LogP contribution in [0.1, 0.15) is 30.9 Å². The Kier molecular flexibility index (Phi) is 5.76. The maximum absolute atomic E-state index is 13.2. The van der Waals surface area contributed by atoms with Crippen molar-refractivity contribution in [1.29, 1.82) is 0 Å². The number of hydrogen-bond acceptors (Lipinski definition) is 7. The number of esters is 1. The van der Waals surface area contributed by atoms with Crippen LogP contribution in [0.2, 0.25) is 0 Å². The molecule has 2 unspecified atom stereocenters. The van der Waals surface area contributed by atoms with E-state index >= 15 is 0 Å². The zero-order chi connectivity index (χ0) is 23.2. The number of carboxylic acid groups (broad SMARTS) is 1. The van der Waals surface area contributed by atoms with Crippen molar-refractivity contribution in [1.82, 2.24) is 10.2 Å². The number of aliphatic carboxylic acids is 1. The van der Waals surface area contributed by atoms with E-state index in [4.69, 9.17) is 4.74 Å². The third kappa shape index (κ3) is 3.77. The topological polar surface area (TPSA) is 113 Å². The number of carbonyl (C=O) groups is 4. The lowest BCUT2D eigenvalue weighted by molar-refractivity contribution is -0.161. The molecule has 2 saturated heterocycles. The Balaban J connectivity index is 1.53. The number of fused-ring (bicyclic) bond motifs is 1. The molecule has 0 bridgehead atoms. The summed E-state index contributed by atoms with van der Waals surface area (Å²) in [5.74, 6) is -3.85. The van der Waals surface area contributed by atoms with Gasteiger partial charge in [0.2, 0.25) is 11.8 Å². The summed E-state index contributed by atoms with van der Waals surface area (Å²) < 4.78 is 4.80. The second-order valence-electron chi connectivity index (χ2n) is 8.26. The van der Waals surface area contributed by atoms with Crippen molar-refractivity contribution in [3.8, 4) is 5.75 Å². The number of nitrogens with zero attached hydrogens (tertiary/aromatic N) is 1.